The summed E-state index contributed by atoms with van der Waals surface area (Å²) in [6, 6.07) is 0.247. The predicted molar refractivity (Wildman–Crippen MR) is 79.5 cm³/mol. The summed E-state index contributed by atoms with van der Waals surface area (Å²) in [6.07, 6.45) is 1.98. The van der Waals surface area contributed by atoms with Gasteiger partial charge in [0.2, 0.25) is 11.9 Å². The van der Waals surface area contributed by atoms with E-state index in [9.17, 15) is 4.79 Å². The molecule has 0 aromatic carbocycles. The molecule has 0 spiro atoms. The zero-order valence-corrected chi connectivity index (χ0v) is 12.8. The molecule has 0 amide bonds. The van der Waals surface area contributed by atoms with Gasteiger partial charge in [-0.25, -0.2) is 0 Å². The SMILES string of the molecule is CCCNc1nc(NCCCC(=O)OCC)nc(OC)n1. The number of rotatable bonds is 10. The molecule has 1 aromatic heterocycles. The Morgan fingerprint density at radius 2 is 1.76 bits per heavy atom. The average Bonchev–Trinajstić information content (AvgIpc) is 2.49. The molecule has 21 heavy (non-hydrogen) atoms. The fraction of sp³-hybridized carbons (Fsp3) is 0.692. The summed E-state index contributed by atoms with van der Waals surface area (Å²) in [5, 5.41) is 6.12. The van der Waals surface area contributed by atoms with E-state index in [0.717, 1.165) is 13.0 Å². The molecule has 0 aliphatic rings. The van der Waals surface area contributed by atoms with Gasteiger partial charge >= 0.3 is 12.0 Å². The van der Waals surface area contributed by atoms with Crippen LogP contribution in [-0.2, 0) is 9.53 Å². The van der Waals surface area contributed by atoms with Gasteiger partial charge in [-0.2, -0.15) is 15.0 Å². The van der Waals surface area contributed by atoms with E-state index in [4.69, 9.17) is 9.47 Å². The number of methoxy groups -OCH3 is 1. The smallest absolute Gasteiger partial charge is 0.322 e. The van der Waals surface area contributed by atoms with Crippen molar-refractivity contribution in [3.8, 4) is 6.01 Å². The Morgan fingerprint density at radius 3 is 2.33 bits per heavy atom. The molecule has 8 nitrogen and oxygen atoms in total. The first kappa shape index (κ1) is 16.9. The van der Waals surface area contributed by atoms with E-state index < -0.39 is 0 Å². The third-order valence-corrected chi connectivity index (χ3v) is 2.48. The topological polar surface area (TPSA) is 98.3 Å². The van der Waals surface area contributed by atoms with Crippen LogP contribution in [0.5, 0.6) is 6.01 Å². The fourth-order valence-corrected chi connectivity index (χ4v) is 1.51. The highest BCUT2D eigenvalue weighted by Gasteiger charge is 2.06. The highest BCUT2D eigenvalue weighted by Crippen LogP contribution is 2.10. The minimum Gasteiger partial charge on any atom is -0.467 e. The molecule has 0 radical (unpaired) electrons. The van der Waals surface area contributed by atoms with Crippen LogP contribution in [0.1, 0.15) is 33.1 Å². The van der Waals surface area contributed by atoms with Crippen LogP contribution in [0.4, 0.5) is 11.9 Å². The van der Waals surface area contributed by atoms with Crippen LogP contribution in [0, 0.1) is 0 Å². The molecule has 0 unspecified atom stereocenters. The van der Waals surface area contributed by atoms with Gasteiger partial charge in [-0.05, 0) is 19.8 Å². The van der Waals surface area contributed by atoms with Crippen LogP contribution in [0.25, 0.3) is 0 Å². The first-order chi connectivity index (χ1) is 10.2. The minimum absolute atomic E-state index is 0.196. The van der Waals surface area contributed by atoms with Crippen LogP contribution < -0.4 is 15.4 Å². The molecule has 8 heteroatoms. The van der Waals surface area contributed by atoms with Crippen molar-refractivity contribution in [3.05, 3.63) is 0 Å². The zero-order chi connectivity index (χ0) is 15.5. The number of esters is 1. The number of nitrogens with zero attached hydrogens (tertiary/aromatic N) is 3. The number of carbonyl (C=O) groups is 1. The Hall–Kier alpha value is -2.12. The van der Waals surface area contributed by atoms with Crippen molar-refractivity contribution in [2.75, 3.05) is 37.4 Å². The van der Waals surface area contributed by atoms with Gasteiger partial charge in [-0.3, -0.25) is 4.79 Å². The van der Waals surface area contributed by atoms with Crippen molar-refractivity contribution in [1.82, 2.24) is 15.0 Å². The maximum atomic E-state index is 11.2. The lowest BCUT2D eigenvalue weighted by molar-refractivity contribution is -0.143. The summed E-state index contributed by atoms with van der Waals surface area (Å²) in [4.78, 5) is 23.6. The van der Waals surface area contributed by atoms with Gasteiger partial charge in [0.05, 0.1) is 13.7 Å². The maximum absolute atomic E-state index is 11.2. The first-order valence-electron chi connectivity index (χ1n) is 7.13. The highest BCUT2D eigenvalue weighted by atomic mass is 16.5. The highest BCUT2D eigenvalue weighted by molar-refractivity contribution is 5.69. The van der Waals surface area contributed by atoms with Gasteiger partial charge in [0.1, 0.15) is 0 Å². The van der Waals surface area contributed by atoms with Crippen molar-refractivity contribution in [3.63, 3.8) is 0 Å². The summed E-state index contributed by atoms with van der Waals surface area (Å²) in [7, 11) is 1.50. The molecule has 118 valence electrons. The second kappa shape index (κ2) is 9.73. The van der Waals surface area contributed by atoms with Crippen LogP contribution in [0.2, 0.25) is 0 Å². The van der Waals surface area contributed by atoms with E-state index in [1.54, 1.807) is 6.92 Å². The molecule has 1 rings (SSSR count). The van der Waals surface area contributed by atoms with E-state index in [1.165, 1.54) is 7.11 Å². The Labute approximate surface area is 124 Å². The summed E-state index contributed by atoms with van der Waals surface area (Å²) >= 11 is 0. The van der Waals surface area contributed by atoms with E-state index in [-0.39, 0.29) is 12.0 Å². The van der Waals surface area contributed by atoms with Gasteiger partial charge in [-0.1, -0.05) is 6.92 Å². The summed E-state index contributed by atoms with van der Waals surface area (Å²) in [6.45, 7) is 5.59. The van der Waals surface area contributed by atoms with Crippen molar-refractivity contribution >= 4 is 17.9 Å². The fourth-order valence-electron chi connectivity index (χ4n) is 1.51. The number of carbonyl (C=O) groups excluding carboxylic acids is 1. The summed E-state index contributed by atoms with van der Waals surface area (Å²) < 4.78 is 9.89. The summed E-state index contributed by atoms with van der Waals surface area (Å²) in [5.41, 5.74) is 0. The minimum atomic E-state index is -0.196. The largest absolute Gasteiger partial charge is 0.467 e. The van der Waals surface area contributed by atoms with Crippen molar-refractivity contribution in [2.24, 2.45) is 0 Å². The van der Waals surface area contributed by atoms with E-state index in [0.29, 0.717) is 37.9 Å². The number of aromatic nitrogens is 3. The second-order valence-corrected chi connectivity index (χ2v) is 4.23. The van der Waals surface area contributed by atoms with Crippen LogP contribution in [0.3, 0.4) is 0 Å². The van der Waals surface area contributed by atoms with Gasteiger partial charge in [0, 0.05) is 19.5 Å². The number of hydrogen-bond donors (Lipinski definition) is 2. The first-order valence-corrected chi connectivity index (χ1v) is 7.13. The van der Waals surface area contributed by atoms with Crippen molar-refractivity contribution in [2.45, 2.75) is 33.1 Å². The lowest BCUT2D eigenvalue weighted by atomic mass is 10.3. The molecule has 1 aromatic rings. The van der Waals surface area contributed by atoms with Crippen molar-refractivity contribution < 1.29 is 14.3 Å². The Balaban J connectivity index is 2.47. The van der Waals surface area contributed by atoms with Gasteiger partial charge < -0.3 is 20.1 Å². The van der Waals surface area contributed by atoms with E-state index in [1.807, 2.05) is 0 Å². The number of nitrogens with one attached hydrogen (secondary N) is 2. The number of hydrogen-bond acceptors (Lipinski definition) is 8. The molecule has 0 aliphatic carbocycles. The number of ether oxygens (including phenoxy) is 2. The Kier molecular flexibility index (Phi) is 7.85. The van der Waals surface area contributed by atoms with Gasteiger partial charge in [0.15, 0.2) is 0 Å². The second-order valence-electron chi connectivity index (χ2n) is 4.23. The Morgan fingerprint density at radius 1 is 1.10 bits per heavy atom. The molecule has 0 saturated carbocycles. The molecular weight excluding hydrogens is 274 g/mol. The number of anilines is 2. The third-order valence-electron chi connectivity index (χ3n) is 2.48. The van der Waals surface area contributed by atoms with Crippen LogP contribution in [0.15, 0.2) is 0 Å². The van der Waals surface area contributed by atoms with E-state index >= 15 is 0 Å². The molecule has 0 atom stereocenters. The van der Waals surface area contributed by atoms with Crippen LogP contribution in [-0.4, -0.2) is 47.7 Å². The van der Waals surface area contributed by atoms with Gasteiger partial charge in [-0.15, -0.1) is 0 Å². The Bertz CT molecular complexity index is 442. The predicted octanol–water partition coefficient (Wildman–Crippen LogP) is 1.46. The van der Waals surface area contributed by atoms with Crippen molar-refractivity contribution in [1.29, 1.82) is 0 Å². The zero-order valence-electron chi connectivity index (χ0n) is 12.8. The third kappa shape index (κ3) is 6.73. The van der Waals surface area contributed by atoms with Gasteiger partial charge in [0.25, 0.3) is 0 Å². The molecule has 0 aliphatic heterocycles. The lowest BCUT2D eigenvalue weighted by Gasteiger charge is -2.09. The summed E-state index contributed by atoms with van der Waals surface area (Å²) in [5.74, 6) is 0.693. The monoisotopic (exact) mass is 297 g/mol. The molecule has 0 saturated heterocycles. The standard InChI is InChI=1S/C13H23N5O3/c1-4-8-14-11-16-12(18-13(17-11)20-3)15-9-6-7-10(19)21-5-2/h4-9H2,1-3H3,(H2,14,15,16,17,18). The molecule has 0 bridgehead atoms. The van der Waals surface area contributed by atoms with E-state index in [2.05, 4.69) is 32.5 Å². The quantitative estimate of drug-likeness (QED) is 0.494. The molecule has 0 fully saturated rings. The molecule has 1 heterocycles. The normalized spacial score (nSPS) is 10.0. The average molecular weight is 297 g/mol. The molecule has 2 N–H and O–H groups in total. The van der Waals surface area contributed by atoms with Crippen LogP contribution >= 0.6 is 0 Å². The molecular formula is C13H23N5O3. The maximum Gasteiger partial charge on any atom is 0.322 e. The lowest BCUT2D eigenvalue weighted by Crippen LogP contribution is -2.12.